The molecule has 8 heteroatoms. The van der Waals surface area contributed by atoms with Gasteiger partial charge < -0.3 is 9.32 Å². The van der Waals surface area contributed by atoms with Crippen LogP contribution < -0.4 is 0 Å². The molecule has 0 atom stereocenters. The third-order valence-electron chi connectivity index (χ3n) is 5.87. The second kappa shape index (κ2) is 9.40. The number of nitrogens with zero attached hydrogens (tertiary/aromatic N) is 5. The minimum Gasteiger partial charge on any atom is -0.461 e. The molecular weight excluding hydrogens is 410 g/mol. The zero-order valence-electron chi connectivity index (χ0n) is 17.5. The highest BCUT2D eigenvalue weighted by Crippen LogP contribution is 2.33. The molecular formula is C23H25N5O2S. The Labute approximate surface area is 186 Å². The van der Waals surface area contributed by atoms with Crippen molar-refractivity contribution in [2.45, 2.75) is 49.3 Å². The third-order valence-corrected chi connectivity index (χ3v) is 6.82. The van der Waals surface area contributed by atoms with Crippen LogP contribution in [0.1, 0.15) is 37.7 Å². The van der Waals surface area contributed by atoms with Gasteiger partial charge in [-0.1, -0.05) is 61.4 Å². The van der Waals surface area contributed by atoms with Crippen LogP contribution in [-0.4, -0.2) is 43.9 Å². The van der Waals surface area contributed by atoms with E-state index in [-0.39, 0.29) is 11.7 Å². The summed E-state index contributed by atoms with van der Waals surface area (Å²) < 4.78 is 7.50. The van der Waals surface area contributed by atoms with Crippen molar-refractivity contribution in [3.8, 4) is 17.7 Å². The van der Waals surface area contributed by atoms with Crippen molar-refractivity contribution >= 4 is 17.7 Å². The molecule has 0 aliphatic heterocycles. The number of amides is 1. The van der Waals surface area contributed by atoms with Crippen molar-refractivity contribution < 1.29 is 9.21 Å². The van der Waals surface area contributed by atoms with Crippen molar-refractivity contribution in [2.75, 3.05) is 12.8 Å². The van der Waals surface area contributed by atoms with Crippen LogP contribution in [0.3, 0.4) is 0 Å². The summed E-state index contributed by atoms with van der Waals surface area (Å²) in [5, 5.41) is 19.1. The summed E-state index contributed by atoms with van der Waals surface area (Å²) in [6.07, 6.45) is 6.17. The van der Waals surface area contributed by atoms with Gasteiger partial charge in [0.25, 0.3) is 0 Å². The number of aromatic nitrogens is 3. The molecule has 3 aromatic rings. The molecule has 160 valence electrons. The van der Waals surface area contributed by atoms with Gasteiger partial charge in [0.2, 0.25) is 11.7 Å². The topological polar surface area (TPSA) is 87.9 Å². The number of carbonyl (C=O) groups is 1. The van der Waals surface area contributed by atoms with Gasteiger partial charge in [-0.2, -0.15) is 5.26 Å². The highest BCUT2D eigenvalue weighted by atomic mass is 32.2. The lowest BCUT2D eigenvalue weighted by Crippen LogP contribution is -2.50. The highest BCUT2D eigenvalue weighted by Gasteiger charge is 2.38. The SMILES string of the molecule is CN(C(=O)CSc1nnc(-c2ccco2)n1Cc1ccccc1)C1(C#N)CCCCC1. The van der Waals surface area contributed by atoms with E-state index in [2.05, 4.69) is 16.3 Å². The van der Waals surface area contributed by atoms with Crippen molar-refractivity contribution in [2.24, 2.45) is 0 Å². The van der Waals surface area contributed by atoms with Gasteiger partial charge in [0, 0.05) is 7.05 Å². The van der Waals surface area contributed by atoms with Gasteiger partial charge in [-0.05, 0) is 30.5 Å². The number of carbonyl (C=O) groups excluding carboxylic acids is 1. The fraction of sp³-hybridized carbons (Fsp3) is 0.391. The number of furan rings is 1. The maximum absolute atomic E-state index is 13.0. The summed E-state index contributed by atoms with van der Waals surface area (Å²) in [7, 11) is 1.75. The molecule has 2 aromatic heterocycles. The zero-order valence-corrected chi connectivity index (χ0v) is 18.3. The predicted octanol–water partition coefficient (Wildman–Crippen LogP) is 4.36. The van der Waals surface area contributed by atoms with Gasteiger partial charge in [-0.25, -0.2) is 0 Å². The Kier molecular flexibility index (Phi) is 6.42. The first kappa shape index (κ1) is 21.2. The molecule has 0 radical (unpaired) electrons. The monoisotopic (exact) mass is 435 g/mol. The van der Waals surface area contributed by atoms with Gasteiger partial charge in [0.05, 0.1) is 24.6 Å². The molecule has 0 spiro atoms. The molecule has 0 saturated heterocycles. The van der Waals surface area contributed by atoms with E-state index in [1.807, 2.05) is 47.0 Å². The van der Waals surface area contributed by atoms with Crippen molar-refractivity contribution in [3.05, 3.63) is 54.3 Å². The number of benzene rings is 1. The molecule has 1 fully saturated rings. The van der Waals surface area contributed by atoms with Gasteiger partial charge in [0.1, 0.15) is 5.54 Å². The number of hydrogen-bond acceptors (Lipinski definition) is 6. The number of thioether (sulfide) groups is 1. The smallest absolute Gasteiger partial charge is 0.234 e. The van der Waals surface area contributed by atoms with Crippen LogP contribution in [0.4, 0.5) is 0 Å². The minimum absolute atomic E-state index is 0.0674. The molecule has 1 amide bonds. The van der Waals surface area contributed by atoms with E-state index in [1.54, 1.807) is 18.2 Å². The average Bonchev–Trinajstić information content (AvgIpc) is 3.48. The van der Waals surface area contributed by atoms with E-state index in [4.69, 9.17) is 4.42 Å². The highest BCUT2D eigenvalue weighted by molar-refractivity contribution is 7.99. The lowest BCUT2D eigenvalue weighted by molar-refractivity contribution is -0.131. The fourth-order valence-electron chi connectivity index (χ4n) is 4.01. The normalized spacial score (nSPS) is 15.4. The van der Waals surface area contributed by atoms with Crippen LogP contribution >= 0.6 is 11.8 Å². The van der Waals surface area contributed by atoms with Crippen molar-refractivity contribution in [1.82, 2.24) is 19.7 Å². The Morgan fingerprint density at radius 1 is 1.19 bits per heavy atom. The van der Waals surface area contributed by atoms with Crippen LogP contribution in [0, 0.1) is 11.3 Å². The quantitative estimate of drug-likeness (QED) is 0.512. The Balaban J connectivity index is 1.53. The molecule has 0 bridgehead atoms. The lowest BCUT2D eigenvalue weighted by Gasteiger charge is -2.39. The lowest BCUT2D eigenvalue weighted by atomic mass is 9.81. The van der Waals surface area contributed by atoms with E-state index in [0.29, 0.717) is 23.3 Å². The first-order chi connectivity index (χ1) is 15.1. The van der Waals surface area contributed by atoms with Crippen molar-refractivity contribution in [1.29, 1.82) is 5.26 Å². The van der Waals surface area contributed by atoms with Crippen LogP contribution in [0.15, 0.2) is 58.3 Å². The fourth-order valence-corrected chi connectivity index (χ4v) is 4.86. The number of rotatable bonds is 7. The Morgan fingerprint density at radius 2 is 1.97 bits per heavy atom. The summed E-state index contributed by atoms with van der Waals surface area (Å²) in [6, 6.07) is 16.1. The largest absolute Gasteiger partial charge is 0.461 e. The van der Waals surface area contributed by atoms with Crippen LogP contribution in [0.2, 0.25) is 0 Å². The second-order valence-electron chi connectivity index (χ2n) is 7.80. The van der Waals surface area contributed by atoms with Gasteiger partial charge in [-0.15, -0.1) is 10.2 Å². The summed E-state index contributed by atoms with van der Waals surface area (Å²) in [5.74, 6) is 1.38. The summed E-state index contributed by atoms with van der Waals surface area (Å²) >= 11 is 1.34. The molecule has 31 heavy (non-hydrogen) atoms. The maximum Gasteiger partial charge on any atom is 0.234 e. The maximum atomic E-state index is 13.0. The molecule has 1 saturated carbocycles. The molecule has 0 unspecified atom stereocenters. The second-order valence-corrected chi connectivity index (χ2v) is 8.74. The van der Waals surface area contributed by atoms with Gasteiger partial charge in [-0.3, -0.25) is 9.36 Å². The predicted molar refractivity (Wildman–Crippen MR) is 118 cm³/mol. The van der Waals surface area contributed by atoms with Gasteiger partial charge in [0.15, 0.2) is 10.9 Å². The minimum atomic E-state index is -0.688. The Hall–Kier alpha value is -3.05. The van der Waals surface area contributed by atoms with E-state index in [0.717, 1.165) is 37.7 Å². The van der Waals surface area contributed by atoms with E-state index in [1.165, 1.54) is 11.8 Å². The average molecular weight is 436 g/mol. The molecule has 1 aliphatic rings. The summed E-state index contributed by atoms with van der Waals surface area (Å²) in [4.78, 5) is 14.6. The zero-order chi connectivity index (χ0) is 21.7. The third kappa shape index (κ3) is 4.52. The number of nitriles is 1. The molecule has 4 rings (SSSR count). The Morgan fingerprint density at radius 3 is 2.65 bits per heavy atom. The van der Waals surface area contributed by atoms with E-state index >= 15 is 0 Å². The molecule has 7 nitrogen and oxygen atoms in total. The molecule has 2 heterocycles. The first-order valence-electron chi connectivity index (χ1n) is 10.4. The van der Waals surface area contributed by atoms with E-state index < -0.39 is 5.54 Å². The van der Waals surface area contributed by atoms with E-state index in [9.17, 15) is 10.1 Å². The molecule has 0 N–H and O–H groups in total. The molecule has 1 aliphatic carbocycles. The van der Waals surface area contributed by atoms with Crippen molar-refractivity contribution in [3.63, 3.8) is 0 Å². The summed E-state index contributed by atoms with van der Waals surface area (Å²) in [6.45, 7) is 0.568. The molecule has 1 aromatic carbocycles. The van der Waals surface area contributed by atoms with Crippen LogP contribution in [0.25, 0.3) is 11.6 Å². The van der Waals surface area contributed by atoms with Crippen LogP contribution in [-0.2, 0) is 11.3 Å². The van der Waals surface area contributed by atoms with Crippen LogP contribution in [0.5, 0.6) is 0 Å². The summed E-state index contributed by atoms with van der Waals surface area (Å²) in [5.41, 5.74) is 0.415. The Bertz CT molecular complexity index is 1050. The van der Waals surface area contributed by atoms with Gasteiger partial charge >= 0.3 is 0 Å². The first-order valence-corrected chi connectivity index (χ1v) is 11.4. The standard InChI is InChI=1S/C23H25N5O2S/c1-27(23(17-24)12-6-3-7-13-23)20(29)16-31-22-26-25-21(19-11-8-14-30-19)28(22)15-18-9-4-2-5-10-18/h2,4-5,8-11,14H,3,6-7,12-13,15-16H2,1H3. The number of hydrogen-bond donors (Lipinski definition) is 0.